The van der Waals surface area contributed by atoms with Crippen LogP contribution in [-0.2, 0) is 17.7 Å². The molecule has 1 aromatic rings. The Morgan fingerprint density at radius 2 is 1.93 bits per heavy atom. The fourth-order valence-electron chi connectivity index (χ4n) is 3.93. The summed E-state index contributed by atoms with van der Waals surface area (Å²) in [6, 6.07) is 4.22. The summed E-state index contributed by atoms with van der Waals surface area (Å²) in [6.07, 6.45) is 3.26. The summed E-state index contributed by atoms with van der Waals surface area (Å²) < 4.78 is 16.7. The summed E-state index contributed by atoms with van der Waals surface area (Å²) in [4.78, 5) is 6.78. The van der Waals surface area contributed by atoms with Crippen LogP contribution in [0.15, 0.2) is 17.1 Å². The van der Waals surface area contributed by atoms with Crippen molar-refractivity contribution in [2.45, 2.75) is 38.3 Å². The zero-order chi connectivity index (χ0) is 20.0. The van der Waals surface area contributed by atoms with Crippen LogP contribution in [0.25, 0.3) is 0 Å². The highest BCUT2D eigenvalue weighted by molar-refractivity contribution is 14.0. The predicted molar refractivity (Wildman–Crippen MR) is 127 cm³/mol. The van der Waals surface area contributed by atoms with Gasteiger partial charge in [-0.15, -0.1) is 24.0 Å². The Morgan fingerprint density at radius 1 is 1.21 bits per heavy atom. The third-order valence-corrected chi connectivity index (χ3v) is 5.67. The van der Waals surface area contributed by atoms with Crippen LogP contribution >= 0.6 is 24.0 Å². The number of aliphatic imine (C=N–C) groups is 1. The van der Waals surface area contributed by atoms with E-state index in [0.29, 0.717) is 0 Å². The average Bonchev–Trinajstić information content (AvgIpc) is 3.16. The molecule has 2 heterocycles. The normalized spacial score (nSPS) is 21.9. The van der Waals surface area contributed by atoms with Gasteiger partial charge in [0.25, 0.3) is 0 Å². The highest BCUT2D eigenvalue weighted by Gasteiger charge is 2.29. The number of hydrogen-bond acceptors (Lipinski definition) is 5. The molecule has 2 aliphatic rings. The van der Waals surface area contributed by atoms with Crippen LogP contribution in [0.4, 0.5) is 0 Å². The van der Waals surface area contributed by atoms with Crippen molar-refractivity contribution in [1.29, 1.82) is 0 Å². The van der Waals surface area contributed by atoms with Crippen LogP contribution in [0.1, 0.15) is 30.9 Å². The van der Waals surface area contributed by atoms with E-state index in [1.807, 2.05) is 7.05 Å². The zero-order valence-corrected chi connectivity index (χ0v) is 20.4. The SMILES string of the molecule is CN=C(NCCN1CCc2cc(OC)c(OC)cc2C1)NCC1(C)CCCO1.I. The van der Waals surface area contributed by atoms with E-state index in [-0.39, 0.29) is 29.6 Å². The summed E-state index contributed by atoms with van der Waals surface area (Å²) in [6.45, 7) is 7.58. The molecule has 0 amide bonds. The van der Waals surface area contributed by atoms with E-state index in [4.69, 9.17) is 14.2 Å². The van der Waals surface area contributed by atoms with Gasteiger partial charge in [-0.2, -0.15) is 0 Å². The van der Waals surface area contributed by atoms with Crippen LogP contribution in [0, 0.1) is 0 Å². The number of nitrogens with zero attached hydrogens (tertiary/aromatic N) is 2. The molecule has 29 heavy (non-hydrogen) atoms. The first-order chi connectivity index (χ1) is 13.6. The molecule has 7 nitrogen and oxygen atoms in total. The highest BCUT2D eigenvalue weighted by atomic mass is 127. The van der Waals surface area contributed by atoms with Gasteiger partial charge in [-0.3, -0.25) is 9.89 Å². The Kier molecular flexibility index (Phi) is 9.29. The molecule has 1 unspecified atom stereocenters. The average molecular weight is 518 g/mol. The van der Waals surface area contributed by atoms with E-state index in [1.165, 1.54) is 11.1 Å². The molecule has 8 heteroatoms. The van der Waals surface area contributed by atoms with E-state index in [2.05, 4.69) is 39.6 Å². The second-order valence-corrected chi connectivity index (χ2v) is 7.76. The number of rotatable bonds is 7. The Morgan fingerprint density at radius 3 is 2.55 bits per heavy atom. The number of halogens is 1. The highest BCUT2D eigenvalue weighted by Crippen LogP contribution is 2.33. The quantitative estimate of drug-likeness (QED) is 0.329. The standard InChI is InChI=1S/C21H34N4O3.HI/c1-21(7-5-11-28-21)15-24-20(22-2)23-8-10-25-9-6-16-12-18(26-3)19(27-4)13-17(16)14-25;/h12-13H,5-11,14-15H2,1-4H3,(H2,22,23,24);1H. The number of methoxy groups -OCH3 is 2. The van der Waals surface area contributed by atoms with E-state index >= 15 is 0 Å². The van der Waals surface area contributed by atoms with Crippen molar-refractivity contribution < 1.29 is 14.2 Å². The number of ether oxygens (including phenoxy) is 3. The maximum absolute atomic E-state index is 5.83. The Labute approximate surface area is 191 Å². The fraction of sp³-hybridized carbons (Fsp3) is 0.667. The van der Waals surface area contributed by atoms with Gasteiger partial charge < -0.3 is 24.8 Å². The summed E-state index contributed by atoms with van der Waals surface area (Å²) >= 11 is 0. The number of fused-ring (bicyclic) bond motifs is 1. The van der Waals surface area contributed by atoms with Crippen LogP contribution in [0.3, 0.4) is 0 Å². The lowest BCUT2D eigenvalue weighted by Crippen LogP contribution is -2.47. The largest absolute Gasteiger partial charge is 0.493 e. The minimum absolute atomic E-state index is 0. The van der Waals surface area contributed by atoms with Gasteiger partial charge in [-0.05, 0) is 49.4 Å². The second-order valence-electron chi connectivity index (χ2n) is 7.76. The van der Waals surface area contributed by atoms with Gasteiger partial charge in [-0.25, -0.2) is 0 Å². The van der Waals surface area contributed by atoms with Gasteiger partial charge in [0.2, 0.25) is 0 Å². The predicted octanol–water partition coefficient (Wildman–Crippen LogP) is 2.41. The maximum Gasteiger partial charge on any atom is 0.191 e. The number of benzene rings is 1. The second kappa shape index (κ2) is 11.2. The van der Waals surface area contributed by atoms with Crippen LogP contribution < -0.4 is 20.1 Å². The first kappa shape index (κ1) is 24.0. The molecule has 164 valence electrons. The Bertz CT molecular complexity index is 693. The minimum Gasteiger partial charge on any atom is -0.493 e. The molecular weight excluding hydrogens is 483 g/mol. The molecule has 0 aromatic heterocycles. The van der Waals surface area contributed by atoms with E-state index in [9.17, 15) is 0 Å². The molecule has 3 rings (SSSR count). The van der Waals surface area contributed by atoms with E-state index < -0.39 is 0 Å². The smallest absolute Gasteiger partial charge is 0.191 e. The third-order valence-electron chi connectivity index (χ3n) is 5.67. The molecule has 2 aliphatic heterocycles. The van der Waals surface area contributed by atoms with Gasteiger partial charge in [0.1, 0.15) is 0 Å². The molecule has 1 atom stereocenters. The summed E-state index contributed by atoms with van der Waals surface area (Å²) in [7, 11) is 5.18. The maximum atomic E-state index is 5.83. The first-order valence-electron chi connectivity index (χ1n) is 10.1. The van der Waals surface area contributed by atoms with Crippen molar-refractivity contribution in [2.24, 2.45) is 4.99 Å². The van der Waals surface area contributed by atoms with Crippen molar-refractivity contribution in [2.75, 3.05) is 54.1 Å². The van der Waals surface area contributed by atoms with Crippen molar-refractivity contribution in [3.05, 3.63) is 23.3 Å². The fourth-order valence-corrected chi connectivity index (χ4v) is 3.93. The van der Waals surface area contributed by atoms with E-state index in [0.717, 1.165) is 76.1 Å². The molecule has 0 aliphatic carbocycles. The van der Waals surface area contributed by atoms with Crippen LogP contribution in [0.5, 0.6) is 11.5 Å². The third kappa shape index (κ3) is 6.36. The molecule has 1 fully saturated rings. The minimum atomic E-state index is -0.0751. The molecule has 2 N–H and O–H groups in total. The zero-order valence-electron chi connectivity index (χ0n) is 18.0. The van der Waals surface area contributed by atoms with Crippen molar-refractivity contribution >= 4 is 29.9 Å². The summed E-state index contributed by atoms with van der Waals surface area (Å²) in [5.74, 6) is 2.44. The molecule has 0 saturated carbocycles. The first-order valence-corrected chi connectivity index (χ1v) is 10.1. The molecule has 0 bridgehead atoms. The molecule has 1 saturated heterocycles. The molecule has 0 spiro atoms. The lowest BCUT2D eigenvalue weighted by atomic mass is 9.99. The topological polar surface area (TPSA) is 67.4 Å². The van der Waals surface area contributed by atoms with Gasteiger partial charge in [-0.1, -0.05) is 0 Å². The monoisotopic (exact) mass is 518 g/mol. The van der Waals surface area contributed by atoms with Crippen LogP contribution in [0.2, 0.25) is 0 Å². The van der Waals surface area contributed by atoms with Gasteiger partial charge in [0, 0.05) is 46.4 Å². The molecule has 0 radical (unpaired) electrons. The summed E-state index contributed by atoms with van der Waals surface area (Å²) in [5.41, 5.74) is 2.59. The number of hydrogen-bond donors (Lipinski definition) is 2. The Balaban J connectivity index is 0.00000300. The lowest BCUT2D eigenvalue weighted by molar-refractivity contribution is 0.0243. The van der Waals surface area contributed by atoms with Gasteiger partial charge in [0.05, 0.1) is 19.8 Å². The van der Waals surface area contributed by atoms with Crippen molar-refractivity contribution in [3.8, 4) is 11.5 Å². The van der Waals surface area contributed by atoms with Crippen LogP contribution in [-0.4, -0.2) is 70.5 Å². The lowest BCUT2D eigenvalue weighted by Gasteiger charge is -2.30. The van der Waals surface area contributed by atoms with Gasteiger partial charge in [0.15, 0.2) is 17.5 Å². The molecular formula is C21H35IN4O3. The number of nitrogens with one attached hydrogen (secondary N) is 2. The molecule has 1 aromatic carbocycles. The number of guanidine groups is 1. The van der Waals surface area contributed by atoms with Crippen molar-refractivity contribution in [3.63, 3.8) is 0 Å². The van der Waals surface area contributed by atoms with E-state index in [1.54, 1.807) is 14.2 Å². The van der Waals surface area contributed by atoms with Crippen molar-refractivity contribution in [1.82, 2.24) is 15.5 Å². The van der Waals surface area contributed by atoms with Gasteiger partial charge >= 0.3 is 0 Å². The Hall–Kier alpha value is -1.26. The summed E-state index contributed by atoms with van der Waals surface area (Å²) in [5, 5.41) is 6.82.